The SMILES string of the molecule is Cc1nc(N)sc1-c1ncn[nH]1. The smallest absolute Gasteiger partial charge is 0.180 e. The lowest BCUT2D eigenvalue weighted by molar-refractivity contribution is 1.09. The highest BCUT2D eigenvalue weighted by Gasteiger charge is 2.09. The van der Waals surface area contributed by atoms with Crippen LogP contribution < -0.4 is 5.73 Å². The number of anilines is 1. The standard InChI is InChI=1S/C6H7N5S/c1-3-4(12-6(7)10-3)5-8-2-9-11-5/h2H,1H3,(H2,7,10)(H,8,9,11). The third kappa shape index (κ3) is 1.06. The lowest BCUT2D eigenvalue weighted by Gasteiger charge is -1.88. The average Bonchev–Trinajstić information content (AvgIpc) is 2.58. The Hall–Kier alpha value is -1.43. The number of nitrogens with zero attached hydrogens (tertiary/aromatic N) is 3. The van der Waals surface area contributed by atoms with E-state index in [2.05, 4.69) is 20.2 Å². The molecular formula is C6H7N5S. The largest absolute Gasteiger partial charge is 0.375 e. The number of nitrogens with one attached hydrogen (secondary N) is 1. The second-order valence-electron chi connectivity index (χ2n) is 2.30. The van der Waals surface area contributed by atoms with Gasteiger partial charge in [-0.15, -0.1) is 0 Å². The van der Waals surface area contributed by atoms with E-state index in [1.165, 1.54) is 17.7 Å². The predicted molar refractivity (Wildman–Crippen MR) is 46.6 cm³/mol. The van der Waals surface area contributed by atoms with Crippen molar-refractivity contribution in [3.63, 3.8) is 0 Å². The predicted octanol–water partition coefficient (Wildman–Crippen LogP) is 0.819. The Bertz CT molecular complexity index is 377. The van der Waals surface area contributed by atoms with Crippen molar-refractivity contribution >= 4 is 16.5 Å². The van der Waals surface area contributed by atoms with E-state index in [-0.39, 0.29) is 0 Å². The van der Waals surface area contributed by atoms with Gasteiger partial charge in [0.1, 0.15) is 6.33 Å². The summed E-state index contributed by atoms with van der Waals surface area (Å²) in [6.07, 6.45) is 1.46. The van der Waals surface area contributed by atoms with Crippen molar-refractivity contribution < 1.29 is 0 Å². The number of nitrogens with two attached hydrogens (primary N) is 1. The fraction of sp³-hybridized carbons (Fsp3) is 0.167. The van der Waals surface area contributed by atoms with Crippen LogP contribution in [0.15, 0.2) is 6.33 Å². The molecule has 3 N–H and O–H groups in total. The van der Waals surface area contributed by atoms with Gasteiger partial charge >= 0.3 is 0 Å². The van der Waals surface area contributed by atoms with Gasteiger partial charge in [0.25, 0.3) is 0 Å². The zero-order valence-corrected chi connectivity index (χ0v) is 7.22. The molecule has 0 amide bonds. The van der Waals surface area contributed by atoms with E-state index in [0.717, 1.165) is 16.4 Å². The Morgan fingerprint density at radius 2 is 2.42 bits per heavy atom. The van der Waals surface area contributed by atoms with Crippen LogP contribution in [0.1, 0.15) is 5.69 Å². The van der Waals surface area contributed by atoms with Gasteiger partial charge in [0.2, 0.25) is 0 Å². The summed E-state index contributed by atoms with van der Waals surface area (Å²) in [5, 5.41) is 7.07. The van der Waals surface area contributed by atoms with E-state index < -0.39 is 0 Å². The number of hydrogen-bond donors (Lipinski definition) is 2. The first-order chi connectivity index (χ1) is 5.77. The van der Waals surface area contributed by atoms with Crippen LogP contribution in [0.5, 0.6) is 0 Å². The summed E-state index contributed by atoms with van der Waals surface area (Å²) in [7, 11) is 0. The molecule has 2 rings (SSSR count). The molecule has 12 heavy (non-hydrogen) atoms. The van der Waals surface area contributed by atoms with Crippen LogP contribution >= 0.6 is 11.3 Å². The van der Waals surface area contributed by atoms with Crippen LogP contribution in [0.25, 0.3) is 10.7 Å². The molecular weight excluding hydrogens is 174 g/mol. The molecule has 2 heterocycles. The monoisotopic (exact) mass is 181 g/mol. The third-order valence-corrected chi connectivity index (χ3v) is 2.44. The van der Waals surface area contributed by atoms with Crippen molar-refractivity contribution in [3.8, 4) is 10.7 Å². The molecule has 0 radical (unpaired) electrons. The maximum atomic E-state index is 5.53. The summed E-state index contributed by atoms with van der Waals surface area (Å²) in [4.78, 5) is 9.03. The van der Waals surface area contributed by atoms with E-state index in [0.29, 0.717) is 5.13 Å². The number of H-pyrrole nitrogens is 1. The number of rotatable bonds is 1. The molecule has 0 bridgehead atoms. The minimum atomic E-state index is 0.555. The molecule has 2 aromatic rings. The van der Waals surface area contributed by atoms with Gasteiger partial charge in [0.05, 0.1) is 10.6 Å². The zero-order valence-electron chi connectivity index (χ0n) is 6.40. The number of nitrogen functional groups attached to an aromatic ring is 1. The Morgan fingerprint density at radius 3 is 2.92 bits per heavy atom. The first-order valence-corrected chi connectivity index (χ1v) is 4.17. The topological polar surface area (TPSA) is 80.5 Å². The Balaban J connectivity index is 2.54. The number of thiazole rings is 1. The van der Waals surface area contributed by atoms with Crippen molar-refractivity contribution in [1.82, 2.24) is 20.2 Å². The second-order valence-corrected chi connectivity index (χ2v) is 3.33. The molecule has 6 heteroatoms. The average molecular weight is 181 g/mol. The minimum Gasteiger partial charge on any atom is -0.375 e. The summed E-state index contributed by atoms with van der Waals surface area (Å²) in [5.74, 6) is 0.724. The van der Waals surface area contributed by atoms with Gasteiger partial charge in [0, 0.05) is 0 Å². The normalized spacial score (nSPS) is 10.4. The van der Waals surface area contributed by atoms with Gasteiger partial charge in [-0.2, -0.15) is 5.10 Å². The van der Waals surface area contributed by atoms with Gasteiger partial charge < -0.3 is 5.73 Å². The van der Waals surface area contributed by atoms with Crippen LogP contribution in [-0.2, 0) is 0 Å². The highest BCUT2D eigenvalue weighted by atomic mass is 32.1. The van der Waals surface area contributed by atoms with Crippen molar-refractivity contribution in [2.45, 2.75) is 6.92 Å². The number of aromatic amines is 1. The summed E-state index contributed by atoms with van der Waals surface area (Å²) < 4.78 is 0. The molecule has 0 saturated heterocycles. The molecule has 0 aliphatic carbocycles. The molecule has 0 aliphatic heterocycles. The highest BCUT2D eigenvalue weighted by molar-refractivity contribution is 7.18. The van der Waals surface area contributed by atoms with E-state index in [1.807, 2.05) is 6.92 Å². The summed E-state index contributed by atoms with van der Waals surface area (Å²) >= 11 is 1.40. The first-order valence-electron chi connectivity index (χ1n) is 3.36. The Labute approximate surface area is 72.7 Å². The molecule has 62 valence electrons. The van der Waals surface area contributed by atoms with E-state index in [4.69, 9.17) is 5.73 Å². The number of hydrogen-bond acceptors (Lipinski definition) is 5. The summed E-state index contributed by atoms with van der Waals surface area (Å²) in [6, 6.07) is 0. The molecule has 0 saturated carbocycles. The minimum absolute atomic E-state index is 0.555. The third-order valence-electron chi connectivity index (χ3n) is 1.44. The Morgan fingerprint density at radius 1 is 1.58 bits per heavy atom. The van der Waals surface area contributed by atoms with E-state index >= 15 is 0 Å². The van der Waals surface area contributed by atoms with Crippen LogP contribution in [0.3, 0.4) is 0 Å². The lowest BCUT2D eigenvalue weighted by Crippen LogP contribution is -1.81. The van der Waals surface area contributed by atoms with Crippen molar-refractivity contribution in [2.75, 3.05) is 5.73 Å². The zero-order chi connectivity index (χ0) is 8.55. The van der Waals surface area contributed by atoms with E-state index in [1.54, 1.807) is 0 Å². The molecule has 0 unspecified atom stereocenters. The fourth-order valence-corrected chi connectivity index (χ4v) is 1.73. The number of aromatic nitrogens is 4. The van der Waals surface area contributed by atoms with Crippen molar-refractivity contribution in [2.24, 2.45) is 0 Å². The van der Waals surface area contributed by atoms with Crippen molar-refractivity contribution in [3.05, 3.63) is 12.0 Å². The maximum absolute atomic E-state index is 5.53. The van der Waals surface area contributed by atoms with Gasteiger partial charge in [-0.1, -0.05) is 11.3 Å². The summed E-state index contributed by atoms with van der Waals surface area (Å²) in [5.41, 5.74) is 6.41. The highest BCUT2D eigenvalue weighted by Crippen LogP contribution is 2.27. The van der Waals surface area contributed by atoms with E-state index in [9.17, 15) is 0 Å². The van der Waals surface area contributed by atoms with Crippen LogP contribution in [-0.4, -0.2) is 20.2 Å². The quantitative estimate of drug-likeness (QED) is 0.682. The molecule has 2 aromatic heterocycles. The fourth-order valence-electron chi connectivity index (χ4n) is 0.952. The molecule has 0 aromatic carbocycles. The van der Waals surface area contributed by atoms with Crippen molar-refractivity contribution in [1.29, 1.82) is 0 Å². The second kappa shape index (κ2) is 2.56. The maximum Gasteiger partial charge on any atom is 0.180 e. The summed E-state index contributed by atoms with van der Waals surface area (Å²) in [6.45, 7) is 1.89. The lowest BCUT2D eigenvalue weighted by atomic mass is 10.4. The molecule has 0 spiro atoms. The Kier molecular flexibility index (Phi) is 1.54. The molecule has 5 nitrogen and oxygen atoms in total. The van der Waals surface area contributed by atoms with Gasteiger partial charge in [-0.3, -0.25) is 5.10 Å². The van der Waals surface area contributed by atoms with Crippen LogP contribution in [0.4, 0.5) is 5.13 Å². The molecule has 0 fully saturated rings. The molecule has 0 atom stereocenters. The van der Waals surface area contributed by atoms with Gasteiger partial charge in [0.15, 0.2) is 11.0 Å². The number of aryl methyl sites for hydroxylation is 1. The van der Waals surface area contributed by atoms with Gasteiger partial charge in [-0.05, 0) is 6.92 Å². The van der Waals surface area contributed by atoms with Crippen LogP contribution in [0.2, 0.25) is 0 Å². The van der Waals surface area contributed by atoms with Crippen LogP contribution in [0, 0.1) is 6.92 Å². The molecule has 0 aliphatic rings. The van der Waals surface area contributed by atoms with Gasteiger partial charge in [-0.25, -0.2) is 9.97 Å². The first kappa shape index (κ1) is 7.23.